The smallest absolute Gasteiger partial charge is 0.343 e. The van der Waals surface area contributed by atoms with Crippen molar-refractivity contribution in [2.24, 2.45) is 5.10 Å². The summed E-state index contributed by atoms with van der Waals surface area (Å²) in [5, 5.41) is 4.97. The molecule has 0 saturated heterocycles. The number of rotatable bonds is 7. The average Bonchev–Trinajstić information content (AvgIpc) is 2.80. The highest BCUT2D eigenvalue weighted by molar-refractivity contribution is 9.13. The largest absolute Gasteiger partial charge is 0.490 e. The number of fused-ring (bicyclic) bond motifs is 1. The van der Waals surface area contributed by atoms with Crippen molar-refractivity contribution in [2.45, 2.75) is 33.1 Å². The maximum Gasteiger partial charge on any atom is 0.343 e. The number of carbonyl (C=O) groups excluding carboxylic acids is 1. The molecule has 1 aromatic heterocycles. The van der Waals surface area contributed by atoms with E-state index in [1.807, 2.05) is 33.8 Å². The average molecular weight is 674 g/mol. The van der Waals surface area contributed by atoms with Gasteiger partial charge in [-0.05, 0) is 63.0 Å². The van der Waals surface area contributed by atoms with Crippen LogP contribution < -0.4 is 15.0 Å². The summed E-state index contributed by atoms with van der Waals surface area (Å²) in [6.07, 6.45) is 1.55. The van der Waals surface area contributed by atoms with Crippen LogP contribution >= 0.6 is 47.8 Å². The first-order chi connectivity index (χ1) is 16.5. The number of ether oxygens (including phenoxy) is 3. The molecule has 0 amide bonds. The highest BCUT2D eigenvalue weighted by Gasteiger charge is 2.23. The van der Waals surface area contributed by atoms with E-state index < -0.39 is 11.4 Å². The van der Waals surface area contributed by atoms with Crippen molar-refractivity contribution < 1.29 is 19.0 Å². The molecule has 8 nitrogen and oxygen atoms in total. The lowest BCUT2D eigenvalue weighted by atomic mass is 9.95. The molecule has 0 radical (unpaired) electrons. The Morgan fingerprint density at radius 2 is 1.86 bits per heavy atom. The van der Waals surface area contributed by atoms with Gasteiger partial charge in [0, 0.05) is 19.9 Å². The zero-order chi connectivity index (χ0) is 25.9. The molecule has 35 heavy (non-hydrogen) atoms. The van der Waals surface area contributed by atoms with Gasteiger partial charge in [-0.3, -0.25) is 4.79 Å². The van der Waals surface area contributed by atoms with Crippen LogP contribution in [0.4, 0.5) is 0 Å². The minimum absolute atomic E-state index is 0.280. The van der Waals surface area contributed by atoms with Gasteiger partial charge < -0.3 is 14.2 Å². The van der Waals surface area contributed by atoms with Crippen LogP contribution in [0.15, 0.2) is 47.6 Å². The lowest BCUT2D eigenvalue weighted by Crippen LogP contribution is -2.29. The van der Waals surface area contributed by atoms with Gasteiger partial charge in [-0.15, -0.1) is 0 Å². The molecule has 3 aromatic rings. The second-order valence-corrected chi connectivity index (χ2v) is 10.9. The van der Waals surface area contributed by atoms with Crippen molar-refractivity contribution in [3.05, 3.63) is 59.4 Å². The van der Waals surface area contributed by atoms with Crippen molar-refractivity contribution in [1.29, 1.82) is 0 Å². The standard InChI is InChI=1S/C24H24Br3N3O5/c1-6-34-17-9-13(19(26)20(27)21(17)35-12-18(31)33-5)11-28-30-22(32)15-10-14(25)7-8-16(15)29-23(30)24(2,3)4/h7-11H,6,12H2,1-5H3. The highest BCUT2D eigenvalue weighted by atomic mass is 79.9. The van der Waals surface area contributed by atoms with Gasteiger partial charge in [0.25, 0.3) is 5.56 Å². The molecule has 0 fully saturated rings. The highest BCUT2D eigenvalue weighted by Crippen LogP contribution is 2.42. The number of hydrogen-bond acceptors (Lipinski definition) is 7. The van der Waals surface area contributed by atoms with Crippen LogP contribution in [0.25, 0.3) is 10.9 Å². The quantitative estimate of drug-likeness (QED) is 0.232. The molecule has 0 atom stereocenters. The molecule has 0 saturated carbocycles. The zero-order valence-corrected chi connectivity index (χ0v) is 24.6. The topological polar surface area (TPSA) is 92.0 Å². The Bertz CT molecular complexity index is 1360. The van der Waals surface area contributed by atoms with Crippen LogP contribution in [-0.2, 0) is 14.9 Å². The van der Waals surface area contributed by atoms with E-state index in [1.54, 1.807) is 24.4 Å². The minimum Gasteiger partial charge on any atom is -0.490 e. The number of carbonyl (C=O) groups is 1. The van der Waals surface area contributed by atoms with Crippen LogP contribution in [0, 0.1) is 0 Å². The van der Waals surface area contributed by atoms with Crippen molar-refractivity contribution in [1.82, 2.24) is 9.66 Å². The van der Waals surface area contributed by atoms with E-state index in [9.17, 15) is 9.59 Å². The van der Waals surface area contributed by atoms with Crippen molar-refractivity contribution >= 4 is 70.9 Å². The summed E-state index contributed by atoms with van der Waals surface area (Å²) in [4.78, 5) is 29.7. The fourth-order valence-electron chi connectivity index (χ4n) is 3.15. The van der Waals surface area contributed by atoms with Gasteiger partial charge in [0.2, 0.25) is 0 Å². The van der Waals surface area contributed by atoms with Gasteiger partial charge in [0.1, 0.15) is 5.82 Å². The first kappa shape index (κ1) is 27.3. The summed E-state index contributed by atoms with van der Waals surface area (Å²) < 4.78 is 19.2. The number of benzene rings is 2. The minimum atomic E-state index is -0.523. The van der Waals surface area contributed by atoms with E-state index in [0.717, 1.165) is 4.47 Å². The number of nitrogens with zero attached hydrogens (tertiary/aromatic N) is 3. The lowest BCUT2D eigenvalue weighted by Gasteiger charge is -2.21. The Hall–Kier alpha value is -2.24. The Morgan fingerprint density at radius 1 is 1.14 bits per heavy atom. The normalized spacial score (nSPS) is 11.8. The molecule has 11 heteroatoms. The monoisotopic (exact) mass is 671 g/mol. The Labute approximate surface area is 228 Å². The number of hydrogen-bond donors (Lipinski definition) is 0. The summed E-state index contributed by atoms with van der Waals surface area (Å²) in [6, 6.07) is 7.10. The van der Waals surface area contributed by atoms with Gasteiger partial charge >= 0.3 is 5.97 Å². The molecule has 3 rings (SSSR count). The molecule has 0 aliphatic carbocycles. The van der Waals surface area contributed by atoms with Gasteiger partial charge in [0.05, 0.1) is 35.3 Å². The van der Waals surface area contributed by atoms with E-state index in [2.05, 4.69) is 57.6 Å². The first-order valence-corrected chi connectivity index (χ1v) is 13.0. The van der Waals surface area contributed by atoms with Gasteiger partial charge in [-0.2, -0.15) is 9.78 Å². The van der Waals surface area contributed by atoms with Crippen LogP contribution in [0.3, 0.4) is 0 Å². The molecule has 0 aliphatic heterocycles. The lowest BCUT2D eigenvalue weighted by molar-refractivity contribution is -0.142. The number of aromatic nitrogens is 2. The summed E-state index contributed by atoms with van der Waals surface area (Å²) in [7, 11) is 1.29. The predicted molar refractivity (Wildman–Crippen MR) is 146 cm³/mol. The second kappa shape index (κ2) is 11.2. The van der Waals surface area contributed by atoms with Crippen LogP contribution in [-0.4, -0.2) is 42.2 Å². The molecule has 1 heterocycles. The zero-order valence-electron chi connectivity index (χ0n) is 19.8. The fourth-order valence-corrected chi connectivity index (χ4v) is 4.44. The molecule has 0 unspecified atom stereocenters. The van der Waals surface area contributed by atoms with Crippen molar-refractivity contribution in [3.8, 4) is 11.5 Å². The van der Waals surface area contributed by atoms with Gasteiger partial charge in [0.15, 0.2) is 18.1 Å². The van der Waals surface area contributed by atoms with Gasteiger partial charge in [-0.25, -0.2) is 9.78 Å². The number of halogens is 3. The van der Waals surface area contributed by atoms with E-state index in [0.29, 0.717) is 49.3 Å². The Balaban J connectivity index is 2.15. The van der Waals surface area contributed by atoms with Crippen molar-refractivity contribution in [2.75, 3.05) is 20.3 Å². The molecule has 0 bridgehead atoms. The Kier molecular flexibility index (Phi) is 8.76. The second-order valence-electron chi connectivity index (χ2n) is 8.43. The number of esters is 1. The molecular weight excluding hydrogens is 650 g/mol. The predicted octanol–water partition coefficient (Wildman–Crippen LogP) is 5.81. The van der Waals surface area contributed by atoms with E-state index in [1.165, 1.54) is 11.8 Å². The molecule has 0 aliphatic rings. The van der Waals surface area contributed by atoms with Gasteiger partial charge in [-0.1, -0.05) is 36.7 Å². The maximum absolute atomic E-state index is 13.4. The molecule has 0 N–H and O–H groups in total. The molecule has 186 valence electrons. The third-order valence-electron chi connectivity index (χ3n) is 4.81. The molecule has 2 aromatic carbocycles. The SMILES string of the molecule is CCOc1cc(C=Nn2c(C(C)(C)C)nc3ccc(Br)cc3c2=O)c(Br)c(Br)c1OCC(=O)OC. The molecular formula is C24H24Br3N3O5. The van der Waals surface area contributed by atoms with E-state index in [4.69, 9.17) is 14.5 Å². The third-order valence-corrected chi connectivity index (χ3v) is 7.45. The summed E-state index contributed by atoms with van der Waals surface area (Å²) in [6.45, 7) is 7.84. The van der Waals surface area contributed by atoms with Crippen LogP contribution in [0.5, 0.6) is 11.5 Å². The van der Waals surface area contributed by atoms with E-state index >= 15 is 0 Å². The molecule has 0 spiro atoms. The summed E-state index contributed by atoms with van der Waals surface area (Å²) >= 11 is 10.5. The Morgan fingerprint density at radius 3 is 2.49 bits per heavy atom. The van der Waals surface area contributed by atoms with Crippen molar-refractivity contribution in [3.63, 3.8) is 0 Å². The van der Waals surface area contributed by atoms with Crippen LogP contribution in [0.1, 0.15) is 39.1 Å². The van der Waals surface area contributed by atoms with E-state index in [-0.39, 0.29) is 12.2 Å². The summed E-state index contributed by atoms with van der Waals surface area (Å²) in [5.74, 6) is 0.736. The number of methoxy groups -OCH3 is 1. The fraction of sp³-hybridized carbons (Fsp3) is 0.333. The first-order valence-electron chi connectivity index (χ1n) is 10.6. The maximum atomic E-state index is 13.4. The summed E-state index contributed by atoms with van der Waals surface area (Å²) in [5.41, 5.74) is 0.490. The third kappa shape index (κ3) is 6.13. The van der Waals surface area contributed by atoms with Crippen LogP contribution in [0.2, 0.25) is 0 Å².